The second-order valence-corrected chi connectivity index (χ2v) is 8.91. The first-order chi connectivity index (χ1) is 13.4. The van der Waals surface area contributed by atoms with Crippen LogP contribution in [-0.2, 0) is 29.1 Å². The van der Waals surface area contributed by atoms with E-state index in [4.69, 9.17) is 0 Å². The number of unbranched alkanes of at least 4 members (excludes halogenated alkanes) is 1. The number of nitrogens with zero attached hydrogens (tertiary/aromatic N) is 1. The lowest BCUT2D eigenvalue weighted by molar-refractivity contribution is -0.137. The summed E-state index contributed by atoms with van der Waals surface area (Å²) in [5.41, 5.74) is 0.864. The van der Waals surface area contributed by atoms with Gasteiger partial charge in [-0.3, -0.25) is 4.21 Å². The number of hydrogen-bond acceptors (Lipinski definition) is 3. The van der Waals surface area contributed by atoms with E-state index in [0.29, 0.717) is 16.3 Å². The van der Waals surface area contributed by atoms with Gasteiger partial charge < -0.3 is 0 Å². The molecule has 2 nitrogen and oxygen atoms in total. The minimum absolute atomic E-state index is 0.362. The molecule has 0 fully saturated rings. The highest BCUT2D eigenvalue weighted by Crippen LogP contribution is 2.34. The summed E-state index contributed by atoms with van der Waals surface area (Å²) >= 11 is 1.41. The molecular formula is C21H20F3NOS2. The van der Waals surface area contributed by atoms with Crippen LogP contribution in [0, 0.1) is 0 Å². The molecule has 7 heteroatoms. The van der Waals surface area contributed by atoms with Crippen LogP contribution >= 0.6 is 11.3 Å². The molecule has 2 aromatic carbocycles. The minimum atomic E-state index is -4.36. The number of halogens is 3. The molecule has 1 heterocycles. The summed E-state index contributed by atoms with van der Waals surface area (Å²) in [5, 5.41) is 0.667. The van der Waals surface area contributed by atoms with Crippen LogP contribution in [-0.4, -0.2) is 9.19 Å². The Bertz CT molecular complexity index is 935. The Kier molecular flexibility index (Phi) is 6.67. The Labute approximate surface area is 168 Å². The molecule has 0 saturated heterocycles. The third kappa shape index (κ3) is 5.08. The molecule has 0 aliphatic carbocycles. The van der Waals surface area contributed by atoms with Crippen LogP contribution < -0.4 is 0 Å². The molecule has 1 aromatic heterocycles. The fraction of sp³-hybridized carbons (Fsp3) is 0.286. The van der Waals surface area contributed by atoms with Crippen LogP contribution in [0.3, 0.4) is 0 Å². The minimum Gasteiger partial charge on any atom is -0.254 e. The molecule has 0 aliphatic rings. The van der Waals surface area contributed by atoms with Gasteiger partial charge in [-0.2, -0.15) is 13.2 Å². The predicted molar refractivity (Wildman–Crippen MR) is 108 cm³/mol. The molecule has 1 unspecified atom stereocenters. The lowest BCUT2D eigenvalue weighted by atomic mass is 10.1. The van der Waals surface area contributed by atoms with Gasteiger partial charge in [0, 0.05) is 15.3 Å². The van der Waals surface area contributed by atoms with Crippen molar-refractivity contribution in [2.24, 2.45) is 0 Å². The Morgan fingerprint density at radius 3 is 2.32 bits per heavy atom. The monoisotopic (exact) mass is 423 g/mol. The highest BCUT2D eigenvalue weighted by molar-refractivity contribution is 7.84. The SMILES string of the molecule is CCCCc1nc(-c2ccc(C(F)(F)F)cc2)sc1CS(=O)c1ccccc1. The molecule has 148 valence electrons. The van der Waals surface area contributed by atoms with E-state index in [1.165, 1.54) is 23.5 Å². The van der Waals surface area contributed by atoms with Gasteiger partial charge in [-0.15, -0.1) is 11.3 Å². The van der Waals surface area contributed by atoms with E-state index in [9.17, 15) is 17.4 Å². The van der Waals surface area contributed by atoms with Crippen LogP contribution in [0.2, 0.25) is 0 Å². The maximum Gasteiger partial charge on any atom is 0.416 e. The largest absolute Gasteiger partial charge is 0.416 e. The summed E-state index contributed by atoms with van der Waals surface area (Å²) < 4.78 is 51.1. The number of aromatic nitrogens is 1. The van der Waals surface area contributed by atoms with Gasteiger partial charge in [0.05, 0.1) is 27.8 Å². The quantitative estimate of drug-likeness (QED) is 0.435. The van der Waals surface area contributed by atoms with Gasteiger partial charge in [0.15, 0.2) is 0 Å². The van der Waals surface area contributed by atoms with Gasteiger partial charge in [0.25, 0.3) is 0 Å². The van der Waals surface area contributed by atoms with Gasteiger partial charge in [-0.05, 0) is 37.1 Å². The molecule has 0 spiro atoms. The van der Waals surface area contributed by atoms with Crippen LogP contribution in [0.25, 0.3) is 10.6 Å². The molecular weight excluding hydrogens is 403 g/mol. The Morgan fingerprint density at radius 2 is 1.71 bits per heavy atom. The van der Waals surface area contributed by atoms with E-state index in [2.05, 4.69) is 11.9 Å². The summed E-state index contributed by atoms with van der Waals surface area (Å²) in [6.45, 7) is 2.09. The Morgan fingerprint density at radius 1 is 1.04 bits per heavy atom. The van der Waals surface area contributed by atoms with Crippen molar-refractivity contribution in [2.45, 2.75) is 43.0 Å². The first kappa shape index (κ1) is 20.7. The average Bonchev–Trinajstić information content (AvgIpc) is 3.09. The molecule has 0 radical (unpaired) electrons. The van der Waals surface area contributed by atoms with Crippen LogP contribution in [0.15, 0.2) is 59.5 Å². The van der Waals surface area contributed by atoms with Crippen molar-refractivity contribution >= 4 is 22.1 Å². The number of hydrogen-bond donors (Lipinski definition) is 0. The number of alkyl halides is 3. The number of aryl methyl sites for hydroxylation is 1. The van der Waals surface area contributed by atoms with Crippen molar-refractivity contribution < 1.29 is 17.4 Å². The molecule has 0 aliphatic heterocycles. The van der Waals surface area contributed by atoms with Crippen LogP contribution in [0.5, 0.6) is 0 Å². The summed E-state index contributed by atoms with van der Waals surface area (Å²) in [5.74, 6) is 0.362. The molecule has 0 amide bonds. The van der Waals surface area contributed by atoms with Crippen molar-refractivity contribution in [1.29, 1.82) is 0 Å². The maximum atomic E-state index is 12.8. The number of rotatable bonds is 7. The number of thiazole rings is 1. The van der Waals surface area contributed by atoms with Crippen molar-refractivity contribution in [2.75, 3.05) is 0 Å². The third-order valence-corrected chi connectivity index (χ3v) is 6.95. The predicted octanol–water partition coefficient (Wildman–Crippen LogP) is 6.48. The molecule has 28 heavy (non-hydrogen) atoms. The molecule has 0 N–H and O–H groups in total. The first-order valence-electron chi connectivity index (χ1n) is 8.98. The first-order valence-corrected chi connectivity index (χ1v) is 11.1. The summed E-state index contributed by atoms with van der Waals surface area (Å²) in [6.07, 6.45) is -1.62. The van der Waals surface area contributed by atoms with Gasteiger partial charge in [-0.25, -0.2) is 4.98 Å². The smallest absolute Gasteiger partial charge is 0.254 e. The van der Waals surface area contributed by atoms with E-state index in [-0.39, 0.29) is 0 Å². The van der Waals surface area contributed by atoms with E-state index >= 15 is 0 Å². The lowest BCUT2D eigenvalue weighted by Gasteiger charge is -2.06. The van der Waals surface area contributed by atoms with Crippen LogP contribution in [0.4, 0.5) is 13.2 Å². The molecule has 3 aromatic rings. The van der Waals surface area contributed by atoms with Gasteiger partial charge in [0.2, 0.25) is 0 Å². The van der Waals surface area contributed by atoms with Gasteiger partial charge >= 0.3 is 6.18 Å². The fourth-order valence-corrected chi connectivity index (χ4v) is 5.23. The van der Waals surface area contributed by atoms with Crippen molar-refractivity contribution in [3.63, 3.8) is 0 Å². The average molecular weight is 424 g/mol. The zero-order chi connectivity index (χ0) is 20.1. The van der Waals surface area contributed by atoms with Crippen molar-refractivity contribution in [3.8, 4) is 10.6 Å². The lowest BCUT2D eigenvalue weighted by Crippen LogP contribution is -2.03. The fourth-order valence-electron chi connectivity index (χ4n) is 2.74. The summed E-state index contributed by atoms with van der Waals surface area (Å²) in [6, 6.07) is 14.3. The second kappa shape index (κ2) is 9.01. The van der Waals surface area contributed by atoms with Gasteiger partial charge in [0.1, 0.15) is 5.01 Å². The topological polar surface area (TPSA) is 30.0 Å². The van der Waals surface area contributed by atoms with E-state index in [1.807, 2.05) is 30.3 Å². The Hall–Kier alpha value is -1.99. The third-order valence-electron chi connectivity index (χ3n) is 4.27. The standard InChI is InChI=1S/C21H20F3NOS2/c1-2-3-9-18-19(14-28(26)17-7-5-4-6-8-17)27-20(25-18)15-10-12-16(13-11-15)21(22,23)24/h4-8,10-13H,2-3,9,14H2,1H3. The maximum absolute atomic E-state index is 12.8. The Balaban J connectivity index is 1.88. The zero-order valence-corrected chi connectivity index (χ0v) is 17.0. The van der Waals surface area contributed by atoms with E-state index < -0.39 is 22.5 Å². The van der Waals surface area contributed by atoms with E-state index in [1.54, 1.807) is 0 Å². The van der Waals surface area contributed by atoms with Crippen molar-refractivity contribution in [1.82, 2.24) is 4.98 Å². The van der Waals surface area contributed by atoms with Crippen LogP contribution in [0.1, 0.15) is 35.9 Å². The molecule has 0 bridgehead atoms. The van der Waals surface area contributed by atoms with Gasteiger partial charge in [-0.1, -0.05) is 43.7 Å². The highest BCUT2D eigenvalue weighted by Gasteiger charge is 2.30. The summed E-state index contributed by atoms with van der Waals surface area (Å²) in [4.78, 5) is 6.35. The van der Waals surface area contributed by atoms with E-state index in [0.717, 1.165) is 46.9 Å². The molecule has 3 rings (SSSR count). The highest BCUT2D eigenvalue weighted by atomic mass is 32.2. The zero-order valence-electron chi connectivity index (χ0n) is 15.3. The normalized spacial score (nSPS) is 12.9. The molecule has 0 saturated carbocycles. The number of benzene rings is 2. The molecule has 1 atom stereocenters. The summed E-state index contributed by atoms with van der Waals surface area (Å²) in [7, 11) is -1.19. The second-order valence-electron chi connectivity index (χ2n) is 6.37. The van der Waals surface area contributed by atoms with Crippen molar-refractivity contribution in [3.05, 3.63) is 70.7 Å².